The van der Waals surface area contributed by atoms with Gasteiger partial charge in [-0.1, -0.05) is 66.4 Å². The molecule has 3 rings (SSSR count). The molecule has 0 spiro atoms. The highest BCUT2D eigenvalue weighted by atomic mass is 32.2. The van der Waals surface area contributed by atoms with Crippen molar-refractivity contribution in [2.75, 3.05) is 33.2 Å². The second-order valence-electron chi connectivity index (χ2n) is 8.54. The number of hydrogen-bond acceptors (Lipinski definition) is 6. The summed E-state index contributed by atoms with van der Waals surface area (Å²) >= 11 is 1.13. The summed E-state index contributed by atoms with van der Waals surface area (Å²) in [7, 11) is 3.27. The van der Waals surface area contributed by atoms with Crippen molar-refractivity contribution in [3.8, 4) is 11.5 Å². The third kappa shape index (κ3) is 5.63. The fraction of sp³-hybridized carbons (Fsp3) is 0.321. The lowest BCUT2D eigenvalue weighted by Gasteiger charge is -2.38. The minimum absolute atomic E-state index is 0.0204. The first-order chi connectivity index (χ1) is 16.4. The Morgan fingerprint density at radius 2 is 1.26 bits per heavy atom. The van der Waals surface area contributed by atoms with Crippen LogP contribution in [-0.2, 0) is 15.1 Å². The number of carbonyl (C=O) groups is 1. The first kappa shape index (κ1) is 25.8. The smallest absolute Gasteiger partial charge is 0.196 e. The molecule has 0 aliphatic heterocycles. The molecule has 0 aliphatic rings. The molecule has 6 heteroatoms. The van der Waals surface area contributed by atoms with Crippen molar-refractivity contribution in [2.24, 2.45) is 5.41 Å². The molecule has 0 radical (unpaired) electrons. The monoisotopic (exact) mass is 480 g/mol. The number of ether oxygens (including phenoxy) is 3. The number of thioether (sulfide) groups is 1. The van der Waals surface area contributed by atoms with Crippen molar-refractivity contribution in [3.05, 3.63) is 95.6 Å². The molecule has 0 aromatic heterocycles. The third-order valence-corrected chi connectivity index (χ3v) is 6.90. The highest BCUT2D eigenvalue weighted by Crippen LogP contribution is 2.43. The number of hydrogen-bond donors (Lipinski definition) is 1. The van der Waals surface area contributed by atoms with Crippen molar-refractivity contribution in [3.63, 3.8) is 0 Å². The molecular formula is C28H32O5S. The number of methoxy groups -OCH3 is 2. The van der Waals surface area contributed by atoms with Gasteiger partial charge in [0.15, 0.2) is 5.12 Å². The van der Waals surface area contributed by atoms with Gasteiger partial charge < -0.3 is 19.3 Å². The van der Waals surface area contributed by atoms with Gasteiger partial charge in [0.25, 0.3) is 0 Å². The van der Waals surface area contributed by atoms with Gasteiger partial charge in [-0.2, -0.15) is 0 Å². The van der Waals surface area contributed by atoms with Crippen LogP contribution in [0.2, 0.25) is 0 Å². The van der Waals surface area contributed by atoms with E-state index in [1.54, 1.807) is 14.2 Å². The van der Waals surface area contributed by atoms with Gasteiger partial charge in [-0.3, -0.25) is 4.79 Å². The Morgan fingerprint density at radius 1 is 0.794 bits per heavy atom. The predicted molar refractivity (Wildman–Crippen MR) is 137 cm³/mol. The van der Waals surface area contributed by atoms with E-state index in [0.29, 0.717) is 5.75 Å². The van der Waals surface area contributed by atoms with Crippen LogP contribution < -0.4 is 9.47 Å². The molecular weight excluding hydrogens is 448 g/mol. The van der Waals surface area contributed by atoms with Gasteiger partial charge >= 0.3 is 0 Å². The predicted octanol–water partition coefficient (Wildman–Crippen LogP) is 5.29. The summed E-state index contributed by atoms with van der Waals surface area (Å²) in [6.07, 6.45) is 0. The molecule has 0 heterocycles. The molecule has 0 atom stereocenters. The van der Waals surface area contributed by atoms with E-state index in [1.807, 2.05) is 92.7 Å². The summed E-state index contributed by atoms with van der Waals surface area (Å²) in [5.41, 5.74) is 1.03. The van der Waals surface area contributed by atoms with Crippen LogP contribution in [0.4, 0.5) is 0 Å². The van der Waals surface area contributed by atoms with Crippen molar-refractivity contribution in [2.45, 2.75) is 19.4 Å². The molecule has 1 N–H and O–H groups in total. The van der Waals surface area contributed by atoms with Crippen molar-refractivity contribution in [1.29, 1.82) is 0 Å². The Kier molecular flexibility index (Phi) is 8.78. The number of rotatable bonds is 11. The molecule has 0 fully saturated rings. The number of carbonyl (C=O) groups excluding carboxylic acids is 1. The lowest BCUT2D eigenvalue weighted by Crippen LogP contribution is -2.38. The van der Waals surface area contributed by atoms with Crippen LogP contribution in [0.15, 0.2) is 78.9 Å². The summed E-state index contributed by atoms with van der Waals surface area (Å²) in [6.45, 7) is 3.88. The van der Waals surface area contributed by atoms with Crippen LogP contribution in [0, 0.1) is 5.41 Å². The van der Waals surface area contributed by atoms with Crippen molar-refractivity contribution in [1.82, 2.24) is 0 Å². The minimum Gasteiger partial charge on any atom is -0.497 e. The Balaban J connectivity index is 2.15. The molecule has 0 bridgehead atoms. The molecule has 0 unspecified atom stereocenters. The zero-order valence-electron chi connectivity index (χ0n) is 20.1. The summed E-state index contributed by atoms with van der Waals surface area (Å²) < 4.78 is 17.6. The van der Waals surface area contributed by atoms with Crippen LogP contribution in [-0.4, -0.2) is 43.4 Å². The normalized spacial score (nSPS) is 11.8. The average Bonchev–Trinajstić information content (AvgIpc) is 2.88. The Bertz CT molecular complexity index is 999. The highest BCUT2D eigenvalue weighted by Gasteiger charge is 2.40. The first-order valence-corrected chi connectivity index (χ1v) is 12.1. The van der Waals surface area contributed by atoms with Crippen LogP contribution in [0.25, 0.3) is 0 Å². The van der Waals surface area contributed by atoms with E-state index in [-0.39, 0.29) is 18.3 Å². The van der Waals surface area contributed by atoms with Crippen LogP contribution in [0.3, 0.4) is 0 Å². The largest absolute Gasteiger partial charge is 0.497 e. The van der Waals surface area contributed by atoms with Crippen LogP contribution >= 0.6 is 11.8 Å². The van der Waals surface area contributed by atoms with E-state index in [1.165, 1.54) is 0 Å². The fourth-order valence-corrected chi connectivity index (χ4v) is 4.48. The second kappa shape index (κ2) is 11.6. The highest BCUT2D eigenvalue weighted by molar-refractivity contribution is 8.13. The maximum atomic E-state index is 12.9. The van der Waals surface area contributed by atoms with Gasteiger partial charge in [0, 0.05) is 5.75 Å². The van der Waals surface area contributed by atoms with Gasteiger partial charge in [0.05, 0.1) is 32.8 Å². The van der Waals surface area contributed by atoms with Gasteiger partial charge in [-0.25, -0.2) is 0 Å². The third-order valence-electron chi connectivity index (χ3n) is 5.70. The van der Waals surface area contributed by atoms with E-state index in [2.05, 4.69) is 0 Å². The van der Waals surface area contributed by atoms with E-state index < -0.39 is 11.0 Å². The van der Waals surface area contributed by atoms with E-state index >= 15 is 0 Å². The summed E-state index contributed by atoms with van der Waals surface area (Å²) in [6, 6.07) is 25.6. The summed E-state index contributed by atoms with van der Waals surface area (Å²) in [5, 5.41) is 9.13. The van der Waals surface area contributed by atoms with Crippen molar-refractivity contribution < 1.29 is 24.1 Å². The zero-order chi connectivity index (χ0) is 24.6. The standard InChI is InChI=1S/C28H32O5S/c1-27(2,26(30)34-19-18-29)20-33-28(21-8-6-5-7-9-21,22-10-14-24(31-3)15-11-22)23-12-16-25(32-4)17-13-23/h5-17,29H,18-20H2,1-4H3. The Hall–Kier alpha value is -2.80. The van der Waals surface area contributed by atoms with Gasteiger partial charge in [-0.05, 0) is 54.8 Å². The molecule has 34 heavy (non-hydrogen) atoms. The number of aliphatic hydroxyl groups excluding tert-OH is 1. The zero-order valence-corrected chi connectivity index (χ0v) is 20.9. The average molecular weight is 481 g/mol. The van der Waals surface area contributed by atoms with Gasteiger partial charge in [-0.15, -0.1) is 0 Å². The molecule has 0 amide bonds. The molecule has 0 aliphatic carbocycles. The summed E-state index contributed by atoms with van der Waals surface area (Å²) in [5.74, 6) is 1.86. The van der Waals surface area contributed by atoms with E-state index in [0.717, 1.165) is 40.0 Å². The SMILES string of the molecule is COc1ccc(C(OCC(C)(C)C(=O)SCCO)(c2ccccc2)c2ccc(OC)cc2)cc1. The molecule has 3 aromatic carbocycles. The lowest BCUT2D eigenvalue weighted by atomic mass is 9.79. The number of benzene rings is 3. The molecule has 5 nitrogen and oxygen atoms in total. The van der Waals surface area contributed by atoms with E-state index in [4.69, 9.17) is 19.3 Å². The van der Waals surface area contributed by atoms with Gasteiger partial charge in [0.2, 0.25) is 0 Å². The molecule has 3 aromatic rings. The lowest BCUT2D eigenvalue weighted by molar-refractivity contribution is -0.124. The second-order valence-corrected chi connectivity index (χ2v) is 9.60. The Labute approximate surface area is 206 Å². The fourth-order valence-electron chi connectivity index (χ4n) is 3.76. The van der Waals surface area contributed by atoms with Crippen LogP contribution in [0.5, 0.6) is 11.5 Å². The molecule has 180 valence electrons. The van der Waals surface area contributed by atoms with Crippen LogP contribution in [0.1, 0.15) is 30.5 Å². The van der Waals surface area contributed by atoms with Crippen molar-refractivity contribution >= 4 is 16.9 Å². The quantitative estimate of drug-likeness (QED) is 0.376. The maximum absolute atomic E-state index is 12.9. The van der Waals surface area contributed by atoms with E-state index in [9.17, 15) is 4.79 Å². The summed E-state index contributed by atoms with van der Waals surface area (Å²) in [4.78, 5) is 12.9. The van der Waals surface area contributed by atoms with Gasteiger partial charge in [0.1, 0.15) is 17.1 Å². The molecule has 0 saturated carbocycles. The Morgan fingerprint density at radius 3 is 1.71 bits per heavy atom. The minimum atomic E-state index is -0.973. The first-order valence-electron chi connectivity index (χ1n) is 11.1. The number of aliphatic hydroxyl groups is 1. The molecule has 0 saturated heterocycles. The topological polar surface area (TPSA) is 65.0 Å². The maximum Gasteiger partial charge on any atom is 0.196 e.